The Hall–Kier alpha value is -2.99. The normalized spacial score (nSPS) is 19.6. The highest BCUT2D eigenvalue weighted by atomic mass is 32.2. The first-order chi connectivity index (χ1) is 15.1. The zero-order chi connectivity index (χ0) is 23.5. The topological polar surface area (TPSA) is 165 Å². The summed E-state index contributed by atoms with van der Waals surface area (Å²) in [7, 11) is -3.94. The van der Waals surface area contributed by atoms with Gasteiger partial charge in [0.1, 0.15) is 11.8 Å². The summed E-state index contributed by atoms with van der Waals surface area (Å²) < 4.78 is 25.8. The molecule has 0 spiro atoms. The third-order valence-corrected chi connectivity index (χ3v) is 6.02. The lowest BCUT2D eigenvalue weighted by Gasteiger charge is -2.27. The Kier molecular flexibility index (Phi) is 7.14. The molecule has 0 bridgehead atoms. The molecule has 172 valence electrons. The second kappa shape index (κ2) is 9.65. The first-order valence-corrected chi connectivity index (χ1v) is 11.7. The van der Waals surface area contributed by atoms with Crippen LogP contribution in [0.5, 0.6) is 5.75 Å². The summed E-state index contributed by atoms with van der Waals surface area (Å²) in [5.74, 6) is -3.21. The van der Waals surface area contributed by atoms with Gasteiger partial charge < -0.3 is 15.5 Å². The van der Waals surface area contributed by atoms with Crippen molar-refractivity contribution in [2.24, 2.45) is 5.92 Å². The maximum absolute atomic E-state index is 13.3. The highest BCUT2D eigenvalue weighted by Crippen LogP contribution is 2.32. The Balaban J connectivity index is 1.95. The molecule has 0 saturated heterocycles. The smallest absolute Gasteiger partial charge is 0.262 e. The predicted octanol–water partition coefficient (Wildman–Crippen LogP) is -0.251. The number of hydrogen-bond acceptors (Lipinski definition) is 7. The number of carbonyl (C=O) groups is 2. The summed E-state index contributed by atoms with van der Waals surface area (Å²) in [6.07, 6.45) is 0.127. The van der Waals surface area contributed by atoms with E-state index in [2.05, 4.69) is 10.0 Å². The van der Waals surface area contributed by atoms with E-state index in [-0.39, 0.29) is 12.2 Å². The maximum Gasteiger partial charge on any atom is 0.262 e. The van der Waals surface area contributed by atoms with E-state index in [1.165, 1.54) is 17.6 Å². The minimum Gasteiger partial charge on any atom is -0.508 e. The van der Waals surface area contributed by atoms with Crippen LogP contribution in [0.1, 0.15) is 22.7 Å². The van der Waals surface area contributed by atoms with E-state index >= 15 is 0 Å². The molecule has 2 amide bonds. The van der Waals surface area contributed by atoms with Crippen LogP contribution >= 0.6 is 0 Å². The second-order valence-corrected chi connectivity index (χ2v) is 9.56. The number of phenolic OH excluding ortho intramolecular Hbond substituents is 1. The molecule has 4 unspecified atom stereocenters. The molecule has 0 aromatic heterocycles. The maximum atomic E-state index is 13.3. The average Bonchev–Trinajstić information content (AvgIpc) is 3.04. The minimum absolute atomic E-state index is 0.0685. The first-order valence-electron chi connectivity index (χ1n) is 9.84. The molecule has 6 N–H and O–H groups in total. The van der Waals surface area contributed by atoms with Gasteiger partial charge in [-0.1, -0.05) is 36.4 Å². The van der Waals surface area contributed by atoms with Crippen molar-refractivity contribution in [2.45, 2.75) is 31.0 Å². The first kappa shape index (κ1) is 23.7. The van der Waals surface area contributed by atoms with Crippen molar-refractivity contribution in [1.82, 2.24) is 15.5 Å². The lowest BCUT2D eigenvalue weighted by atomic mass is 9.90. The van der Waals surface area contributed by atoms with Gasteiger partial charge in [-0.2, -0.15) is 0 Å². The highest BCUT2D eigenvalue weighted by Gasteiger charge is 2.39. The van der Waals surface area contributed by atoms with E-state index in [0.29, 0.717) is 12.0 Å². The standard InChI is InChI=1S/C21H25N3O7S/c1-32(30,31)24-19(21(28)23-29)16(10-12-5-4-7-14(25)9-12)20(27)22-18-15-8-3-2-6-13(15)11-17(18)26/h2-9,16-19,24-26,29H,10-11H2,1H3,(H,22,27)(H,23,28). The molecule has 32 heavy (non-hydrogen) atoms. The number of nitrogens with one attached hydrogen (secondary N) is 3. The monoisotopic (exact) mass is 463 g/mol. The van der Waals surface area contributed by atoms with Crippen molar-refractivity contribution in [3.63, 3.8) is 0 Å². The molecule has 2 aromatic rings. The molecule has 0 radical (unpaired) electrons. The van der Waals surface area contributed by atoms with Crippen LogP contribution in [0.4, 0.5) is 0 Å². The molecule has 4 atom stereocenters. The van der Waals surface area contributed by atoms with Gasteiger partial charge in [0.2, 0.25) is 15.9 Å². The quantitative estimate of drug-likeness (QED) is 0.232. The molecule has 2 aromatic carbocycles. The number of benzene rings is 2. The molecule has 0 heterocycles. The highest BCUT2D eigenvalue weighted by molar-refractivity contribution is 7.88. The zero-order valence-electron chi connectivity index (χ0n) is 17.2. The molecular weight excluding hydrogens is 438 g/mol. The van der Waals surface area contributed by atoms with Gasteiger partial charge >= 0.3 is 0 Å². The van der Waals surface area contributed by atoms with Crippen LogP contribution in [-0.4, -0.2) is 54.1 Å². The second-order valence-electron chi connectivity index (χ2n) is 7.78. The Labute approximate surface area is 185 Å². The third-order valence-electron chi connectivity index (χ3n) is 5.34. The van der Waals surface area contributed by atoms with Gasteiger partial charge in [0.05, 0.1) is 24.3 Å². The number of amides is 2. The Bertz CT molecular complexity index is 1110. The number of phenols is 1. The molecular formula is C21H25N3O7S. The molecule has 1 aliphatic rings. The van der Waals surface area contributed by atoms with Gasteiger partial charge in [-0.25, -0.2) is 18.6 Å². The lowest BCUT2D eigenvalue weighted by molar-refractivity contribution is -0.137. The molecule has 0 aliphatic heterocycles. The van der Waals surface area contributed by atoms with Gasteiger partial charge in [0, 0.05) is 6.42 Å². The number of hydroxylamine groups is 1. The van der Waals surface area contributed by atoms with E-state index in [1.807, 2.05) is 12.1 Å². The fraction of sp³-hybridized carbons (Fsp3) is 0.333. The molecule has 0 saturated carbocycles. The van der Waals surface area contributed by atoms with Gasteiger partial charge in [0.15, 0.2) is 0 Å². The molecule has 10 nitrogen and oxygen atoms in total. The summed E-state index contributed by atoms with van der Waals surface area (Å²) in [4.78, 5) is 25.6. The van der Waals surface area contributed by atoms with E-state index in [1.54, 1.807) is 24.3 Å². The van der Waals surface area contributed by atoms with Crippen molar-refractivity contribution in [2.75, 3.05) is 6.26 Å². The Morgan fingerprint density at radius 1 is 1.12 bits per heavy atom. The van der Waals surface area contributed by atoms with Gasteiger partial charge in [-0.15, -0.1) is 0 Å². The molecule has 1 aliphatic carbocycles. The fourth-order valence-electron chi connectivity index (χ4n) is 3.93. The summed E-state index contributed by atoms with van der Waals surface area (Å²) in [6, 6.07) is 10.8. The number of aromatic hydroxyl groups is 1. The summed E-state index contributed by atoms with van der Waals surface area (Å²) in [5.41, 5.74) is 3.45. The van der Waals surface area contributed by atoms with Crippen LogP contribution in [-0.2, 0) is 32.5 Å². The number of fused-ring (bicyclic) bond motifs is 1. The van der Waals surface area contributed by atoms with Crippen molar-refractivity contribution in [1.29, 1.82) is 0 Å². The predicted molar refractivity (Wildman–Crippen MR) is 114 cm³/mol. The SMILES string of the molecule is CS(=O)(=O)NC(C(=O)NO)C(Cc1cccc(O)c1)C(=O)NC1c2ccccc2CC1O. The van der Waals surface area contributed by atoms with Crippen LogP contribution in [0.25, 0.3) is 0 Å². The van der Waals surface area contributed by atoms with E-state index < -0.39 is 45.9 Å². The van der Waals surface area contributed by atoms with Gasteiger partial charge in [-0.3, -0.25) is 14.8 Å². The summed E-state index contributed by atoms with van der Waals surface area (Å²) >= 11 is 0. The molecule has 3 rings (SSSR count). The third kappa shape index (κ3) is 5.62. The zero-order valence-corrected chi connectivity index (χ0v) is 18.0. The lowest BCUT2D eigenvalue weighted by Crippen LogP contribution is -2.55. The van der Waals surface area contributed by atoms with Crippen LogP contribution in [0.3, 0.4) is 0 Å². The number of aliphatic hydroxyl groups is 1. The fourth-order valence-corrected chi connectivity index (χ4v) is 4.66. The van der Waals surface area contributed by atoms with Crippen molar-refractivity contribution >= 4 is 21.8 Å². The number of carbonyl (C=O) groups excluding carboxylic acids is 2. The van der Waals surface area contributed by atoms with Crippen LogP contribution in [0.15, 0.2) is 48.5 Å². The number of aliphatic hydroxyl groups excluding tert-OH is 1. The van der Waals surface area contributed by atoms with Gasteiger partial charge in [0.25, 0.3) is 5.91 Å². The van der Waals surface area contributed by atoms with Gasteiger partial charge in [-0.05, 0) is 35.2 Å². The molecule has 0 fully saturated rings. The number of rotatable bonds is 8. The van der Waals surface area contributed by atoms with Crippen LogP contribution < -0.4 is 15.5 Å². The molecule has 11 heteroatoms. The van der Waals surface area contributed by atoms with E-state index in [4.69, 9.17) is 5.21 Å². The number of sulfonamides is 1. The van der Waals surface area contributed by atoms with E-state index in [0.717, 1.165) is 17.4 Å². The average molecular weight is 464 g/mol. The van der Waals surface area contributed by atoms with Crippen molar-refractivity contribution in [3.05, 3.63) is 65.2 Å². The van der Waals surface area contributed by atoms with E-state index in [9.17, 15) is 28.2 Å². The van der Waals surface area contributed by atoms with Crippen LogP contribution in [0, 0.1) is 5.92 Å². The summed E-state index contributed by atoms with van der Waals surface area (Å²) in [6.45, 7) is 0. The van der Waals surface area contributed by atoms with Crippen LogP contribution in [0.2, 0.25) is 0 Å². The summed E-state index contributed by atoms with van der Waals surface area (Å²) in [5, 5.41) is 32.1. The largest absolute Gasteiger partial charge is 0.508 e. The number of hydrogen-bond donors (Lipinski definition) is 6. The van der Waals surface area contributed by atoms with Crippen molar-refractivity contribution in [3.8, 4) is 5.75 Å². The minimum atomic E-state index is -3.94. The Morgan fingerprint density at radius 3 is 2.50 bits per heavy atom. The Morgan fingerprint density at radius 2 is 1.84 bits per heavy atom. The van der Waals surface area contributed by atoms with Crippen molar-refractivity contribution < 1.29 is 33.4 Å².